The minimum atomic E-state index is 0.0353. The Balaban J connectivity index is 1.28. The van der Waals surface area contributed by atoms with E-state index in [2.05, 4.69) is 37.4 Å². The van der Waals surface area contributed by atoms with Crippen LogP contribution < -0.4 is 10.2 Å². The molecule has 0 spiro atoms. The van der Waals surface area contributed by atoms with Crippen molar-refractivity contribution in [1.82, 2.24) is 24.3 Å². The fourth-order valence-corrected chi connectivity index (χ4v) is 4.01. The highest BCUT2D eigenvalue weighted by atomic mass is 16.5. The molecule has 4 aromatic rings. The summed E-state index contributed by atoms with van der Waals surface area (Å²) in [6.45, 7) is 3.03. The summed E-state index contributed by atoms with van der Waals surface area (Å²) in [6.07, 6.45) is 9.37. The lowest BCUT2D eigenvalue weighted by atomic mass is 10.1. The van der Waals surface area contributed by atoms with Crippen LogP contribution in [-0.4, -0.2) is 70.1 Å². The Morgan fingerprint density at radius 2 is 1.79 bits per heavy atom. The van der Waals surface area contributed by atoms with E-state index in [1.807, 2.05) is 45.8 Å². The molecule has 0 radical (unpaired) electrons. The van der Waals surface area contributed by atoms with E-state index >= 15 is 0 Å². The van der Waals surface area contributed by atoms with Crippen LogP contribution in [0.4, 0.5) is 17.3 Å². The molecule has 1 N–H and O–H groups in total. The third-order valence-corrected chi connectivity index (χ3v) is 5.73. The van der Waals surface area contributed by atoms with Gasteiger partial charge in [0, 0.05) is 69.8 Å². The van der Waals surface area contributed by atoms with Crippen LogP contribution in [0.2, 0.25) is 0 Å². The summed E-state index contributed by atoms with van der Waals surface area (Å²) in [5.41, 5.74) is 4.11. The number of carbonyl (C=O) groups excluding carboxylic acids is 1. The van der Waals surface area contributed by atoms with Crippen LogP contribution in [0.25, 0.3) is 16.8 Å². The largest absolute Gasteiger partial charge is 0.375 e. The zero-order valence-corrected chi connectivity index (χ0v) is 18.4. The second-order valence-corrected chi connectivity index (χ2v) is 7.87. The topological polar surface area (TPSA) is 87.9 Å². The number of anilines is 3. The monoisotopic (exact) mass is 443 g/mol. The summed E-state index contributed by atoms with van der Waals surface area (Å²) >= 11 is 0. The molecule has 1 aliphatic heterocycles. The Kier molecular flexibility index (Phi) is 5.86. The number of nitrogens with one attached hydrogen (secondary N) is 1. The van der Waals surface area contributed by atoms with E-state index in [0.29, 0.717) is 13.1 Å². The molecule has 1 fully saturated rings. The lowest BCUT2D eigenvalue weighted by molar-refractivity contribution is -0.135. The van der Waals surface area contributed by atoms with Crippen molar-refractivity contribution in [2.45, 2.75) is 0 Å². The van der Waals surface area contributed by atoms with Crippen molar-refractivity contribution in [1.29, 1.82) is 0 Å². The SMILES string of the molecule is COCC(=O)N1CCN(c2ccnc(Nc3cn4cc(-c5ccncc5)ccc4n3)c2)CC1. The summed E-state index contributed by atoms with van der Waals surface area (Å²) in [6, 6.07) is 12.0. The number of methoxy groups -OCH3 is 1. The van der Waals surface area contributed by atoms with E-state index in [4.69, 9.17) is 4.74 Å². The summed E-state index contributed by atoms with van der Waals surface area (Å²) in [5.74, 6) is 1.48. The molecule has 168 valence electrons. The van der Waals surface area contributed by atoms with Gasteiger partial charge in [-0.2, -0.15) is 0 Å². The Morgan fingerprint density at radius 1 is 0.970 bits per heavy atom. The number of piperazine rings is 1. The van der Waals surface area contributed by atoms with Gasteiger partial charge in [-0.05, 0) is 41.5 Å². The first-order valence-electron chi connectivity index (χ1n) is 10.8. The third-order valence-electron chi connectivity index (χ3n) is 5.73. The van der Waals surface area contributed by atoms with Crippen LogP contribution in [0.5, 0.6) is 0 Å². The number of fused-ring (bicyclic) bond motifs is 1. The van der Waals surface area contributed by atoms with Gasteiger partial charge in [0.2, 0.25) is 5.91 Å². The molecule has 0 unspecified atom stereocenters. The molecule has 0 bridgehead atoms. The van der Waals surface area contributed by atoms with E-state index in [1.165, 1.54) is 0 Å². The van der Waals surface area contributed by atoms with E-state index < -0.39 is 0 Å². The predicted octanol–water partition coefficient (Wildman–Crippen LogP) is 2.83. The first kappa shape index (κ1) is 20.9. The van der Waals surface area contributed by atoms with Crippen molar-refractivity contribution >= 4 is 28.9 Å². The average molecular weight is 444 g/mol. The maximum atomic E-state index is 12.0. The van der Waals surface area contributed by atoms with E-state index in [-0.39, 0.29) is 12.5 Å². The van der Waals surface area contributed by atoms with E-state index in [1.54, 1.807) is 25.7 Å². The van der Waals surface area contributed by atoms with Crippen LogP contribution in [0.1, 0.15) is 0 Å². The zero-order valence-electron chi connectivity index (χ0n) is 18.4. The molecule has 1 aliphatic rings. The van der Waals surface area contributed by atoms with Crippen LogP contribution in [0.3, 0.4) is 0 Å². The standard InChI is InChI=1S/C24H25N7O2/c1-33-17-24(32)30-12-10-29(11-13-30)20-6-9-26-21(14-20)27-22-16-31-15-19(2-3-23(31)28-22)18-4-7-25-8-5-18/h2-9,14-16H,10-13,17H2,1H3,(H,26,27). The molecule has 4 aromatic heterocycles. The fourth-order valence-electron chi connectivity index (χ4n) is 4.01. The third kappa shape index (κ3) is 4.63. The van der Waals surface area contributed by atoms with E-state index in [0.717, 1.165) is 47.2 Å². The number of hydrogen-bond donors (Lipinski definition) is 1. The molecule has 33 heavy (non-hydrogen) atoms. The van der Waals surface area contributed by atoms with Crippen LogP contribution in [0.15, 0.2) is 67.4 Å². The van der Waals surface area contributed by atoms with Gasteiger partial charge in [-0.3, -0.25) is 9.78 Å². The fraction of sp³-hybridized carbons (Fsp3) is 0.250. The molecule has 5 rings (SSSR count). The normalized spacial score (nSPS) is 14.0. The van der Waals surface area contributed by atoms with E-state index in [9.17, 15) is 4.79 Å². The van der Waals surface area contributed by atoms with Gasteiger partial charge in [-0.25, -0.2) is 9.97 Å². The van der Waals surface area contributed by atoms with Crippen molar-refractivity contribution in [2.75, 3.05) is 50.1 Å². The van der Waals surface area contributed by atoms with Gasteiger partial charge < -0.3 is 24.3 Å². The molecule has 1 amide bonds. The highest BCUT2D eigenvalue weighted by Gasteiger charge is 2.21. The molecule has 0 saturated carbocycles. The minimum Gasteiger partial charge on any atom is -0.375 e. The van der Waals surface area contributed by atoms with Gasteiger partial charge in [-0.15, -0.1) is 0 Å². The Morgan fingerprint density at radius 3 is 2.58 bits per heavy atom. The number of rotatable bonds is 6. The van der Waals surface area contributed by atoms with Crippen molar-refractivity contribution in [3.05, 3.63) is 67.4 Å². The maximum Gasteiger partial charge on any atom is 0.248 e. The lowest BCUT2D eigenvalue weighted by Gasteiger charge is -2.36. The quantitative estimate of drug-likeness (QED) is 0.490. The average Bonchev–Trinajstić information content (AvgIpc) is 3.26. The second-order valence-electron chi connectivity index (χ2n) is 7.87. The number of carbonyl (C=O) groups is 1. The molecule has 0 aromatic carbocycles. The first-order valence-corrected chi connectivity index (χ1v) is 10.8. The molecule has 0 atom stereocenters. The number of nitrogens with zero attached hydrogens (tertiary/aromatic N) is 6. The van der Waals surface area contributed by atoms with Crippen molar-refractivity contribution < 1.29 is 9.53 Å². The number of ether oxygens (including phenoxy) is 1. The maximum absolute atomic E-state index is 12.0. The highest BCUT2D eigenvalue weighted by Crippen LogP contribution is 2.24. The van der Waals surface area contributed by atoms with Crippen molar-refractivity contribution in [3.63, 3.8) is 0 Å². The number of amides is 1. The lowest BCUT2D eigenvalue weighted by Crippen LogP contribution is -2.49. The highest BCUT2D eigenvalue weighted by molar-refractivity contribution is 5.77. The van der Waals surface area contributed by atoms with Gasteiger partial charge >= 0.3 is 0 Å². The van der Waals surface area contributed by atoms with Crippen LogP contribution in [-0.2, 0) is 9.53 Å². The summed E-state index contributed by atoms with van der Waals surface area (Å²) in [5, 5.41) is 3.32. The molecular formula is C24H25N7O2. The van der Waals surface area contributed by atoms with Crippen molar-refractivity contribution in [2.24, 2.45) is 0 Å². The Bertz CT molecular complexity index is 1250. The van der Waals surface area contributed by atoms with Gasteiger partial charge in [-0.1, -0.05) is 0 Å². The molecule has 9 nitrogen and oxygen atoms in total. The van der Waals surface area contributed by atoms with Crippen LogP contribution in [0, 0.1) is 0 Å². The van der Waals surface area contributed by atoms with Crippen LogP contribution >= 0.6 is 0 Å². The number of imidazole rings is 1. The van der Waals surface area contributed by atoms with Gasteiger partial charge in [0.15, 0.2) is 5.82 Å². The molecule has 9 heteroatoms. The van der Waals surface area contributed by atoms with Gasteiger partial charge in [0.25, 0.3) is 0 Å². The van der Waals surface area contributed by atoms with Gasteiger partial charge in [0.05, 0.1) is 6.20 Å². The molecule has 0 aliphatic carbocycles. The molecular weight excluding hydrogens is 418 g/mol. The number of aromatic nitrogens is 4. The minimum absolute atomic E-state index is 0.0353. The molecule has 5 heterocycles. The smallest absolute Gasteiger partial charge is 0.248 e. The van der Waals surface area contributed by atoms with Crippen molar-refractivity contribution in [3.8, 4) is 11.1 Å². The summed E-state index contributed by atoms with van der Waals surface area (Å²) < 4.78 is 6.96. The zero-order chi connectivity index (χ0) is 22.6. The summed E-state index contributed by atoms with van der Waals surface area (Å²) in [7, 11) is 1.54. The van der Waals surface area contributed by atoms with Gasteiger partial charge in [0.1, 0.15) is 18.1 Å². The molecule has 1 saturated heterocycles. The second kappa shape index (κ2) is 9.25. The number of pyridine rings is 3. The predicted molar refractivity (Wildman–Crippen MR) is 127 cm³/mol. The number of hydrogen-bond acceptors (Lipinski definition) is 7. The first-order chi connectivity index (χ1) is 16.2. The Labute approximate surface area is 191 Å². The Hall–Kier alpha value is -3.98. The summed E-state index contributed by atoms with van der Waals surface area (Å²) in [4.78, 5) is 29.3.